The van der Waals surface area contributed by atoms with Crippen LogP contribution in [0.5, 0.6) is 0 Å². The second-order valence-corrected chi connectivity index (χ2v) is 13.4. The van der Waals surface area contributed by atoms with Crippen LogP contribution in [0, 0.1) is 0 Å². The molecule has 0 saturated heterocycles. The minimum absolute atomic E-state index is 0.450. The number of hydrogen-bond donors (Lipinski definition) is 0. The van der Waals surface area contributed by atoms with Crippen molar-refractivity contribution in [1.82, 2.24) is 14.1 Å². The highest BCUT2D eigenvalue weighted by Crippen LogP contribution is 2.61. The molecule has 0 amide bonds. The SMILES string of the molecule is CCc1nc2ccccc2n1-c1ccc(-c2ccc3c(c2)C2(c4ccccc4-3)c3ccccc3-n3c4ccccc4c4cccc2c43)cc1. The lowest BCUT2D eigenvalue weighted by molar-refractivity contribution is 0.749. The minimum Gasteiger partial charge on any atom is -0.309 e. The standard InChI is InChI=1S/C46H31N3/c1-2-44-47-40-18-7-10-21-43(40)48(44)31-25-22-29(23-26-31)30-24-27-33-32-12-3-5-15-36(32)46(39(33)28-30)37-16-6-9-20-42(37)49-41-19-8-4-13-34(41)35-14-11-17-38(46)45(35)49/h3-28H,2H2,1H3. The van der Waals surface area contributed by atoms with E-state index in [9.17, 15) is 0 Å². The van der Waals surface area contributed by atoms with Crippen molar-refractivity contribution in [2.75, 3.05) is 0 Å². The van der Waals surface area contributed by atoms with E-state index in [1.54, 1.807) is 0 Å². The number of aromatic nitrogens is 3. The number of aryl methyl sites for hydroxylation is 1. The number of para-hydroxylation sites is 5. The van der Waals surface area contributed by atoms with E-state index in [4.69, 9.17) is 4.98 Å². The topological polar surface area (TPSA) is 22.8 Å². The van der Waals surface area contributed by atoms with Gasteiger partial charge in [-0.25, -0.2) is 4.98 Å². The summed E-state index contributed by atoms with van der Waals surface area (Å²) in [6.07, 6.45) is 0.872. The zero-order valence-corrected chi connectivity index (χ0v) is 27.1. The van der Waals surface area contributed by atoms with Gasteiger partial charge in [0.2, 0.25) is 0 Å². The second-order valence-electron chi connectivity index (χ2n) is 13.4. The molecule has 3 heterocycles. The summed E-state index contributed by atoms with van der Waals surface area (Å²) < 4.78 is 4.81. The predicted octanol–water partition coefficient (Wildman–Crippen LogP) is 11.0. The van der Waals surface area contributed by atoms with E-state index in [0.29, 0.717) is 0 Å². The third-order valence-corrected chi connectivity index (χ3v) is 11.1. The molecule has 11 rings (SSSR count). The van der Waals surface area contributed by atoms with Crippen LogP contribution in [-0.4, -0.2) is 14.1 Å². The Labute approximate surface area is 284 Å². The van der Waals surface area contributed by atoms with Gasteiger partial charge in [0.1, 0.15) is 5.82 Å². The van der Waals surface area contributed by atoms with Gasteiger partial charge < -0.3 is 4.57 Å². The number of fused-ring (bicyclic) bond motifs is 13. The van der Waals surface area contributed by atoms with Crippen LogP contribution in [0.25, 0.3) is 66.5 Å². The molecule has 2 aromatic heterocycles. The molecule has 1 aliphatic carbocycles. The first-order valence-electron chi connectivity index (χ1n) is 17.2. The fourth-order valence-corrected chi connectivity index (χ4v) is 9.15. The molecular weight excluding hydrogens is 595 g/mol. The van der Waals surface area contributed by atoms with Crippen LogP contribution in [0.4, 0.5) is 0 Å². The molecule has 49 heavy (non-hydrogen) atoms. The maximum atomic E-state index is 4.92. The molecule has 3 heteroatoms. The Kier molecular flexibility index (Phi) is 5.30. The number of nitrogens with zero attached hydrogens (tertiary/aromatic N) is 3. The number of rotatable bonds is 3. The summed E-state index contributed by atoms with van der Waals surface area (Å²) in [5, 5.41) is 2.60. The number of hydrogen-bond acceptors (Lipinski definition) is 1. The molecule has 2 aliphatic rings. The third-order valence-electron chi connectivity index (χ3n) is 11.1. The minimum atomic E-state index is -0.450. The first-order valence-corrected chi connectivity index (χ1v) is 17.2. The molecular formula is C46H31N3. The summed E-state index contributed by atoms with van der Waals surface area (Å²) in [6, 6.07) is 58.5. The van der Waals surface area contributed by atoms with Crippen molar-refractivity contribution in [2.45, 2.75) is 18.8 Å². The van der Waals surface area contributed by atoms with E-state index in [1.807, 2.05) is 0 Å². The first-order chi connectivity index (χ1) is 24.3. The zero-order chi connectivity index (χ0) is 32.3. The van der Waals surface area contributed by atoms with E-state index in [0.717, 1.165) is 29.0 Å². The third kappa shape index (κ3) is 3.34. The van der Waals surface area contributed by atoms with Gasteiger partial charge in [0.15, 0.2) is 0 Å². The molecule has 9 aromatic rings. The van der Waals surface area contributed by atoms with Crippen molar-refractivity contribution in [3.63, 3.8) is 0 Å². The Hall–Kier alpha value is -6.19. The Bertz CT molecular complexity index is 2810. The molecule has 0 N–H and O–H groups in total. The molecule has 0 saturated carbocycles. The largest absolute Gasteiger partial charge is 0.309 e. The van der Waals surface area contributed by atoms with Crippen LogP contribution in [-0.2, 0) is 11.8 Å². The summed E-state index contributed by atoms with van der Waals surface area (Å²) >= 11 is 0. The van der Waals surface area contributed by atoms with E-state index < -0.39 is 5.41 Å². The fraction of sp³-hybridized carbons (Fsp3) is 0.0652. The number of imidazole rings is 1. The van der Waals surface area contributed by atoms with Gasteiger partial charge in [-0.2, -0.15) is 0 Å². The first kappa shape index (κ1) is 26.8. The Balaban J connectivity index is 1.17. The highest BCUT2D eigenvalue weighted by molar-refractivity contribution is 6.12. The van der Waals surface area contributed by atoms with Crippen LogP contribution in [0.15, 0.2) is 158 Å². The lowest BCUT2D eigenvalue weighted by Crippen LogP contribution is -2.33. The molecule has 7 aromatic carbocycles. The molecule has 0 radical (unpaired) electrons. The average Bonchev–Trinajstić information content (AvgIpc) is 3.81. The van der Waals surface area contributed by atoms with Crippen molar-refractivity contribution in [3.8, 4) is 33.6 Å². The van der Waals surface area contributed by atoms with Gasteiger partial charge in [0.05, 0.1) is 33.2 Å². The van der Waals surface area contributed by atoms with E-state index in [2.05, 4.69) is 174 Å². The molecule has 1 spiro atoms. The van der Waals surface area contributed by atoms with Crippen molar-refractivity contribution in [3.05, 3.63) is 186 Å². The lowest BCUT2D eigenvalue weighted by Gasteiger charge is -2.39. The Morgan fingerprint density at radius 3 is 2.06 bits per heavy atom. The smallest absolute Gasteiger partial charge is 0.114 e. The highest BCUT2D eigenvalue weighted by Gasteiger charge is 2.50. The number of benzene rings is 7. The maximum absolute atomic E-state index is 4.92. The van der Waals surface area contributed by atoms with Crippen LogP contribution in [0.1, 0.15) is 35.0 Å². The molecule has 1 aliphatic heterocycles. The van der Waals surface area contributed by atoms with Crippen LogP contribution in [0.2, 0.25) is 0 Å². The van der Waals surface area contributed by atoms with Crippen molar-refractivity contribution in [2.24, 2.45) is 0 Å². The molecule has 230 valence electrons. The van der Waals surface area contributed by atoms with Gasteiger partial charge in [0.25, 0.3) is 0 Å². The van der Waals surface area contributed by atoms with Crippen molar-refractivity contribution in [1.29, 1.82) is 0 Å². The highest BCUT2D eigenvalue weighted by atomic mass is 15.1. The van der Waals surface area contributed by atoms with Gasteiger partial charge in [0, 0.05) is 22.9 Å². The normalized spacial score (nSPS) is 15.6. The fourth-order valence-electron chi connectivity index (χ4n) is 9.15. The van der Waals surface area contributed by atoms with Crippen LogP contribution < -0.4 is 0 Å². The van der Waals surface area contributed by atoms with Gasteiger partial charge in [-0.15, -0.1) is 0 Å². The molecule has 1 atom stereocenters. The van der Waals surface area contributed by atoms with E-state index in [-0.39, 0.29) is 0 Å². The van der Waals surface area contributed by atoms with Crippen molar-refractivity contribution >= 4 is 32.8 Å². The summed E-state index contributed by atoms with van der Waals surface area (Å²) in [5.41, 5.74) is 17.1. The van der Waals surface area contributed by atoms with E-state index >= 15 is 0 Å². The van der Waals surface area contributed by atoms with Gasteiger partial charge in [-0.3, -0.25) is 4.57 Å². The van der Waals surface area contributed by atoms with Crippen LogP contribution in [0.3, 0.4) is 0 Å². The molecule has 3 nitrogen and oxygen atoms in total. The maximum Gasteiger partial charge on any atom is 0.114 e. The quantitative estimate of drug-likeness (QED) is 0.192. The van der Waals surface area contributed by atoms with Crippen molar-refractivity contribution < 1.29 is 0 Å². The molecule has 1 unspecified atom stereocenters. The summed E-state index contributed by atoms with van der Waals surface area (Å²) in [5.74, 6) is 1.08. The van der Waals surface area contributed by atoms with Gasteiger partial charge in [-0.05, 0) is 87.0 Å². The van der Waals surface area contributed by atoms with E-state index in [1.165, 1.54) is 72.0 Å². The Morgan fingerprint density at radius 1 is 0.510 bits per heavy atom. The lowest BCUT2D eigenvalue weighted by atomic mass is 9.65. The zero-order valence-electron chi connectivity index (χ0n) is 27.1. The molecule has 0 fully saturated rings. The summed E-state index contributed by atoms with van der Waals surface area (Å²) in [6.45, 7) is 2.17. The second kappa shape index (κ2) is 9.68. The Morgan fingerprint density at radius 2 is 1.18 bits per heavy atom. The van der Waals surface area contributed by atoms with Crippen LogP contribution >= 0.6 is 0 Å². The summed E-state index contributed by atoms with van der Waals surface area (Å²) in [4.78, 5) is 4.92. The average molecular weight is 626 g/mol. The summed E-state index contributed by atoms with van der Waals surface area (Å²) in [7, 11) is 0. The van der Waals surface area contributed by atoms with Gasteiger partial charge in [-0.1, -0.05) is 122 Å². The predicted molar refractivity (Wildman–Crippen MR) is 201 cm³/mol. The van der Waals surface area contributed by atoms with Gasteiger partial charge >= 0.3 is 0 Å². The monoisotopic (exact) mass is 625 g/mol. The molecule has 0 bridgehead atoms.